The molecule has 4 atom stereocenters. The van der Waals surface area contributed by atoms with Crippen LogP contribution in [0, 0.1) is 22.0 Å². The highest BCUT2D eigenvalue weighted by Gasteiger charge is 2.74. The lowest BCUT2D eigenvalue weighted by atomic mass is 9.75. The molecule has 0 aliphatic carbocycles. The molecule has 180 valence electrons. The quantitative estimate of drug-likeness (QED) is 0.409. The van der Waals surface area contributed by atoms with E-state index in [9.17, 15) is 24.5 Å². The van der Waals surface area contributed by atoms with Crippen molar-refractivity contribution in [1.29, 1.82) is 0 Å². The van der Waals surface area contributed by atoms with Gasteiger partial charge in [-0.2, -0.15) is 0 Å². The predicted molar refractivity (Wildman–Crippen MR) is 125 cm³/mol. The first kappa shape index (κ1) is 21.7. The fraction of sp³-hybridized carbons (Fsp3) is 0.400. The van der Waals surface area contributed by atoms with Crippen molar-refractivity contribution in [2.75, 3.05) is 23.9 Å². The highest BCUT2D eigenvalue weighted by Crippen LogP contribution is 2.61. The van der Waals surface area contributed by atoms with Gasteiger partial charge in [-0.15, -0.1) is 0 Å². The first-order valence-electron chi connectivity index (χ1n) is 11.8. The summed E-state index contributed by atoms with van der Waals surface area (Å²) in [5.74, 6) is -2.75. The Balaban J connectivity index is 1.55. The van der Waals surface area contributed by atoms with Crippen molar-refractivity contribution >= 4 is 34.8 Å². The minimum absolute atomic E-state index is 0.0340. The number of hydrogen-bond acceptors (Lipinski definition) is 7. The minimum atomic E-state index is -1.29. The Hall–Kier alpha value is -3.79. The number of aryl methyl sites for hydroxylation is 1. The van der Waals surface area contributed by atoms with E-state index in [1.165, 1.54) is 25.3 Å². The molecule has 3 amide bonds. The lowest BCUT2D eigenvalue weighted by Gasteiger charge is -2.36. The first-order chi connectivity index (χ1) is 16.8. The van der Waals surface area contributed by atoms with Crippen LogP contribution in [0.15, 0.2) is 36.4 Å². The number of nitro benzene ring substituents is 1. The number of imide groups is 1. The summed E-state index contributed by atoms with van der Waals surface area (Å²) in [6, 6.07) is 9.35. The summed E-state index contributed by atoms with van der Waals surface area (Å²) in [6.07, 6.45) is 2.27. The number of benzene rings is 2. The largest absolute Gasteiger partial charge is 0.495 e. The molecule has 4 aliphatic heterocycles. The van der Waals surface area contributed by atoms with Crippen LogP contribution >= 0.6 is 0 Å². The molecular formula is C25H24N4O6. The summed E-state index contributed by atoms with van der Waals surface area (Å²) in [7, 11) is 1.38. The van der Waals surface area contributed by atoms with Crippen LogP contribution in [0.3, 0.4) is 0 Å². The van der Waals surface area contributed by atoms with Gasteiger partial charge in [-0.25, -0.2) is 4.90 Å². The number of carbonyl (C=O) groups is 3. The standard InChI is InChI=1S/C25H24N4O6/c1-3-13-6-8-16-15(11-13)25(24(32)26-16)21-20(17-5-4-10-27(17)25)22(30)28(23(21)31)18-12-14(29(33)34)7-9-19(18)35-2/h6-9,11-12,17,20-21H,3-5,10H2,1-2H3,(H,26,32). The Morgan fingerprint density at radius 1 is 1.17 bits per heavy atom. The van der Waals surface area contributed by atoms with E-state index in [-0.39, 0.29) is 29.1 Å². The normalized spacial score (nSPS) is 28.9. The van der Waals surface area contributed by atoms with Crippen LogP contribution in [0.4, 0.5) is 17.1 Å². The van der Waals surface area contributed by atoms with Gasteiger partial charge >= 0.3 is 0 Å². The molecule has 10 heteroatoms. The number of non-ortho nitro benzene ring substituents is 1. The van der Waals surface area contributed by atoms with Crippen molar-refractivity contribution in [1.82, 2.24) is 4.90 Å². The first-order valence-corrected chi connectivity index (χ1v) is 11.8. The van der Waals surface area contributed by atoms with Gasteiger partial charge in [0.2, 0.25) is 17.7 Å². The fourth-order valence-corrected chi connectivity index (χ4v) is 6.67. The van der Waals surface area contributed by atoms with Gasteiger partial charge in [0.15, 0.2) is 0 Å². The maximum absolute atomic E-state index is 14.1. The summed E-state index contributed by atoms with van der Waals surface area (Å²) >= 11 is 0. The molecule has 6 rings (SSSR count). The second-order valence-corrected chi connectivity index (χ2v) is 9.49. The molecule has 0 saturated carbocycles. The van der Waals surface area contributed by atoms with Gasteiger partial charge in [0.25, 0.3) is 5.69 Å². The van der Waals surface area contributed by atoms with Crippen LogP contribution in [-0.4, -0.2) is 47.2 Å². The van der Waals surface area contributed by atoms with Crippen molar-refractivity contribution in [2.45, 2.75) is 37.8 Å². The molecule has 3 saturated heterocycles. The molecule has 3 fully saturated rings. The van der Waals surface area contributed by atoms with Crippen molar-refractivity contribution in [3.63, 3.8) is 0 Å². The van der Waals surface area contributed by atoms with Crippen molar-refractivity contribution < 1.29 is 24.0 Å². The van der Waals surface area contributed by atoms with Crippen molar-refractivity contribution in [3.05, 3.63) is 57.6 Å². The van der Waals surface area contributed by atoms with E-state index in [0.717, 1.165) is 28.9 Å². The van der Waals surface area contributed by atoms with Crippen LogP contribution in [0.5, 0.6) is 5.75 Å². The number of nitrogens with zero attached hydrogens (tertiary/aromatic N) is 3. The molecule has 2 aromatic rings. The molecule has 4 unspecified atom stereocenters. The average molecular weight is 476 g/mol. The number of nitrogens with one attached hydrogen (secondary N) is 1. The Labute approximate surface area is 201 Å². The van der Waals surface area contributed by atoms with Crippen molar-refractivity contribution in [2.24, 2.45) is 11.8 Å². The molecule has 10 nitrogen and oxygen atoms in total. The molecule has 35 heavy (non-hydrogen) atoms. The van der Waals surface area contributed by atoms with E-state index in [0.29, 0.717) is 18.7 Å². The lowest BCUT2D eigenvalue weighted by Crippen LogP contribution is -2.54. The number of carbonyl (C=O) groups excluding carboxylic acids is 3. The zero-order valence-electron chi connectivity index (χ0n) is 19.3. The zero-order valence-corrected chi connectivity index (χ0v) is 19.3. The van der Waals surface area contributed by atoms with Gasteiger partial charge in [0.05, 0.1) is 23.9 Å². The molecule has 0 bridgehead atoms. The van der Waals surface area contributed by atoms with Gasteiger partial charge in [-0.05, 0) is 43.5 Å². The second kappa shape index (κ2) is 7.35. The van der Waals surface area contributed by atoms with E-state index in [1.54, 1.807) is 0 Å². The third-order valence-electron chi connectivity index (χ3n) is 8.08. The molecular weight excluding hydrogens is 452 g/mol. The molecule has 0 aromatic heterocycles. The number of ether oxygens (including phenoxy) is 1. The van der Waals surface area contributed by atoms with E-state index in [1.807, 2.05) is 25.1 Å². The second-order valence-electron chi connectivity index (χ2n) is 9.49. The smallest absolute Gasteiger partial charge is 0.271 e. The predicted octanol–water partition coefficient (Wildman–Crippen LogP) is 2.60. The van der Waals surface area contributed by atoms with Gasteiger partial charge in [0, 0.05) is 29.4 Å². The van der Waals surface area contributed by atoms with Gasteiger partial charge in [-0.3, -0.25) is 29.4 Å². The third kappa shape index (κ3) is 2.60. The monoisotopic (exact) mass is 476 g/mol. The summed E-state index contributed by atoms with van der Waals surface area (Å²) in [5, 5.41) is 14.4. The Morgan fingerprint density at radius 2 is 1.97 bits per heavy atom. The van der Waals surface area contributed by atoms with E-state index < -0.39 is 34.1 Å². The molecule has 2 aromatic carbocycles. The van der Waals surface area contributed by atoms with Crippen LogP contribution in [0.1, 0.15) is 30.9 Å². The maximum Gasteiger partial charge on any atom is 0.271 e. The Bertz CT molecular complexity index is 1330. The number of rotatable bonds is 4. The number of anilines is 2. The number of methoxy groups -OCH3 is 1. The van der Waals surface area contributed by atoms with Gasteiger partial charge in [0.1, 0.15) is 17.0 Å². The molecule has 4 heterocycles. The minimum Gasteiger partial charge on any atom is -0.495 e. The van der Waals surface area contributed by atoms with Crippen LogP contribution < -0.4 is 15.0 Å². The molecule has 4 aliphatic rings. The lowest BCUT2D eigenvalue weighted by molar-refractivity contribution is -0.384. The molecule has 1 N–H and O–H groups in total. The number of fused-ring (bicyclic) bond motifs is 7. The average Bonchev–Trinajstić information content (AvgIpc) is 3.56. The summed E-state index contributed by atoms with van der Waals surface area (Å²) in [4.78, 5) is 55.7. The third-order valence-corrected chi connectivity index (χ3v) is 8.08. The Morgan fingerprint density at radius 3 is 2.69 bits per heavy atom. The number of hydrogen-bond donors (Lipinski definition) is 1. The fourth-order valence-electron chi connectivity index (χ4n) is 6.67. The SMILES string of the molecule is CCc1ccc2c(c1)C1(C(=O)N2)C2C(=O)N(c3cc([N+](=O)[O-])ccc3OC)C(=O)C2C2CCCN21. The van der Waals surface area contributed by atoms with E-state index >= 15 is 0 Å². The van der Waals surface area contributed by atoms with Crippen LogP contribution in [0.2, 0.25) is 0 Å². The number of nitro groups is 1. The van der Waals surface area contributed by atoms with E-state index in [4.69, 9.17) is 4.74 Å². The van der Waals surface area contributed by atoms with Crippen LogP contribution in [-0.2, 0) is 26.3 Å². The van der Waals surface area contributed by atoms with Gasteiger partial charge in [-0.1, -0.05) is 19.1 Å². The maximum atomic E-state index is 14.1. The van der Waals surface area contributed by atoms with Crippen LogP contribution in [0.25, 0.3) is 0 Å². The highest BCUT2D eigenvalue weighted by molar-refractivity contribution is 6.26. The topological polar surface area (TPSA) is 122 Å². The summed E-state index contributed by atoms with van der Waals surface area (Å²) in [5.41, 5.74) is 0.911. The molecule has 1 spiro atoms. The highest BCUT2D eigenvalue weighted by atomic mass is 16.6. The summed E-state index contributed by atoms with van der Waals surface area (Å²) < 4.78 is 5.36. The summed E-state index contributed by atoms with van der Waals surface area (Å²) in [6.45, 7) is 2.64. The van der Waals surface area contributed by atoms with E-state index in [2.05, 4.69) is 10.2 Å². The van der Waals surface area contributed by atoms with Gasteiger partial charge < -0.3 is 10.1 Å². The molecule has 0 radical (unpaired) electrons. The zero-order chi connectivity index (χ0) is 24.6. The number of amides is 3. The Kier molecular flexibility index (Phi) is 4.56. The van der Waals surface area contributed by atoms with Crippen molar-refractivity contribution in [3.8, 4) is 5.75 Å².